The molecule has 2 nitrogen and oxygen atoms in total. The van der Waals surface area contributed by atoms with Crippen LogP contribution in [0.5, 0.6) is 5.75 Å². The topological polar surface area (TPSA) is 46.2 Å². The molecule has 0 unspecified atom stereocenters. The highest BCUT2D eigenvalue weighted by molar-refractivity contribution is 5.40. The van der Waals surface area contributed by atoms with Crippen LogP contribution in [0.15, 0.2) is 54.6 Å². The summed E-state index contributed by atoms with van der Waals surface area (Å²) in [6.45, 7) is 2.12. The third kappa shape index (κ3) is 4.51. The molecule has 0 spiro atoms. The van der Waals surface area contributed by atoms with Crippen LogP contribution >= 0.6 is 0 Å². The van der Waals surface area contributed by atoms with Crippen LogP contribution in [0.25, 0.3) is 0 Å². The molecule has 0 radical (unpaired) electrons. The molecule has 0 saturated heterocycles. The van der Waals surface area contributed by atoms with E-state index in [4.69, 9.17) is 10.8 Å². The number of aryl methyl sites for hydroxylation is 1. The summed E-state index contributed by atoms with van der Waals surface area (Å²) >= 11 is 0. The number of phenols is 1. The Labute approximate surface area is 96.4 Å². The van der Waals surface area contributed by atoms with Crippen molar-refractivity contribution in [2.75, 3.05) is 5.73 Å². The number of nitrogens with two attached hydrogens (primary N) is 1. The average molecular weight is 215 g/mol. The molecule has 0 aliphatic carbocycles. The van der Waals surface area contributed by atoms with Gasteiger partial charge in [-0.1, -0.05) is 37.3 Å². The minimum Gasteiger partial charge on any atom is -0.508 e. The first-order valence-electron chi connectivity index (χ1n) is 5.30. The molecule has 0 bridgehead atoms. The van der Waals surface area contributed by atoms with Gasteiger partial charge in [0.25, 0.3) is 0 Å². The lowest BCUT2D eigenvalue weighted by Gasteiger charge is -1.95. The van der Waals surface area contributed by atoms with E-state index in [1.165, 1.54) is 5.56 Å². The third-order valence-electron chi connectivity index (χ3n) is 2.12. The Kier molecular flexibility index (Phi) is 4.93. The van der Waals surface area contributed by atoms with Crippen molar-refractivity contribution in [3.8, 4) is 5.75 Å². The summed E-state index contributed by atoms with van der Waals surface area (Å²) in [6.07, 6.45) is 1.06. The number of anilines is 1. The maximum atomic E-state index is 8.63. The molecule has 0 atom stereocenters. The van der Waals surface area contributed by atoms with Crippen molar-refractivity contribution >= 4 is 5.69 Å². The monoisotopic (exact) mass is 215 g/mol. The first-order chi connectivity index (χ1) is 7.72. The summed E-state index contributed by atoms with van der Waals surface area (Å²) in [5, 5.41) is 8.63. The molecule has 16 heavy (non-hydrogen) atoms. The smallest absolute Gasteiger partial charge is 0.115 e. The van der Waals surface area contributed by atoms with E-state index in [0.29, 0.717) is 5.75 Å². The van der Waals surface area contributed by atoms with E-state index in [1.54, 1.807) is 24.3 Å². The maximum absolute atomic E-state index is 8.63. The minimum absolute atomic E-state index is 0.322. The van der Waals surface area contributed by atoms with Gasteiger partial charge in [-0.2, -0.15) is 0 Å². The number of nitrogen functional groups attached to an aromatic ring is 1. The van der Waals surface area contributed by atoms with Gasteiger partial charge in [-0.25, -0.2) is 0 Å². The number of para-hydroxylation sites is 1. The Balaban J connectivity index is 0.000000165. The van der Waals surface area contributed by atoms with Crippen molar-refractivity contribution in [3.63, 3.8) is 0 Å². The van der Waals surface area contributed by atoms with Crippen LogP contribution in [0.4, 0.5) is 5.69 Å². The van der Waals surface area contributed by atoms with Crippen LogP contribution in [0.1, 0.15) is 12.5 Å². The highest BCUT2D eigenvalue weighted by Crippen LogP contribution is 2.05. The molecule has 2 aromatic carbocycles. The molecular weight excluding hydrogens is 198 g/mol. The summed E-state index contributed by atoms with van der Waals surface area (Å²) in [7, 11) is 0. The van der Waals surface area contributed by atoms with E-state index in [9.17, 15) is 0 Å². The quantitative estimate of drug-likeness (QED) is 0.717. The van der Waals surface area contributed by atoms with Crippen LogP contribution in [-0.2, 0) is 6.42 Å². The lowest BCUT2D eigenvalue weighted by atomic mass is 10.1. The molecule has 0 amide bonds. The van der Waals surface area contributed by atoms with Gasteiger partial charge < -0.3 is 10.8 Å². The van der Waals surface area contributed by atoms with Crippen LogP contribution in [-0.4, -0.2) is 5.11 Å². The summed E-state index contributed by atoms with van der Waals surface area (Å²) in [5.74, 6) is 0.322. The molecule has 2 heteroatoms. The van der Waals surface area contributed by atoms with Gasteiger partial charge in [0.15, 0.2) is 0 Å². The molecule has 0 fully saturated rings. The van der Waals surface area contributed by atoms with Crippen LogP contribution < -0.4 is 5.73 Å². The van der Waals surface area contributed by atoms with Crippen molar-refractivity contribution in [3.05, 3.63) is 60.2 Å². The summed E-state index contributed by atoms with van der Waals surface area (Å²) in [5.41, 5.74) is 7.69. The largest absolute Gasteiger partial charge is 0.508 e. The fraction of sp³-hybridized carbons (Fsp3) is 0.143. The minimum atomic E-state index is 0.322. The molecule has 3 N–H and O–H groups in total. The van der Waals surface area contributed by atoms with E-state index < -0.39 is 0 Å². The third-order valence-corrected chi connectivity index (χ3v) is 2.12. The van der Waals surface area contributed by atoms with Gasteiger partial charge in [0, 0.05) is 5.69 Å². The number of rotatable bonds is 1. The van der Waals surface area contributed by atoms with E-state index in [-0.39, 0.29) is 0 Å². The van der Waals surface area contributed by atoms with Gasteiger partial charge in [-0.05, 0) is 36.2 Å². The Morgan fingerprint density at radius 1 is 1.00 bits per heavy atom. The SMILES string of the molecule is CCc1cccc(N)c1.Oc1ccccc1. The zero-order valence-electron chi connectivity index (χ0n) is 9.43. The van der Waals surface area contributed by atoms with Gasteiger partial charge >= 0.3 is 0 Å². The molecule has 0 aromatic heterocycles. The lowest BCUT2D eigenvalue weighted by molar-refractivity contribution is 0.475. The van der Waals surface area contributed by atoms with Crippen LogP contribution in [0.2, 0.25) is 0 Å². The van der Waals surface area contributed by atoms with Crippen molar-refractivity contribution < 1.29 is 5.11 Å². The molecule has 0 aliphatic rings. The number of phenolic OH excluding ortho intramolecular Hbond substituents is 1. The van der Waals surface area contributed by atoms with Crippen molar-refractivity contribution in [1.29, 1.82) is 0 Å². The van der Waals surface area contributed by atoms with E-state index in [1.807, 2.05) is 24.3 Å². The average Bonchev–Trinajstić information content (AvgIpc) is 2.31. The van der Waals surface area contributed by atoms with Crippen LogP contribution in [0, 0.1) is 0 Å². The highest BCUT2D eigenvalue weighted by atomic mass is 16.3. The molecule has 2 rings (SSSR count). The van der Waals surface area contributed by atoms with E-state index in [0.717, 1.165) is 12.1 Å². The molecule has 0 heterocycles. The molecule has 2 aromatic rings. The Hall–Kier alpha value is -1.96. The number of hydrogen-bond donors (Lipinski definition) is 2. The number of hydrogen-bond acceptors (Lipinski definition) is 2. The van der Waals surface area contributed by atoms with Gasteiger partial charge in [0.1, 0.15) is 5.75 Å². The standard InChI is InChI=1S/C8H11N.C6H6O/c1-2-7-4-3-5-8(9)6-7;7-6-4-2-1-3-5-6/h3-6H,2,9H2,1H3;1-5,7H. The first kappa shape index (κ1) is 12.1. The zero-order chi connectivity index (χ0) is 11.8. The van der Waals surface area contributed by atoms with Gasteiger partial charge in [0.05, 0.1) is 0 Å². The van der Waals surface area contributed by atoms with Crippen LogP contribution in [0.3, 0.4) is 0 Å². The second-order valence-corrected chi connectivity index (χ2v) is 3.43. The molecule has 84 valence electrons. The lowest BCUT2D eigenvalue weighted by Crippen LogP contribution is -1.85. The fourth-order valence-electron chi connectivity index (χ4n) is 1.24. The van der Waals surface area contributed by atoms with Crippen molar-refractivity contribution in [2.24, 2.45) is 0 Å². The number of benzene rings is 2. The summed E-state index contributed by atoms with van der Waals surface area (Å²) < 4.78 is 0. The van der Waals surface area contributed by atoms with Gasteiger partial charge in [-0.3, -0.25) is 0 Å². The molecular formula is C14H17NO. The van der Waals surface area contributed by atoms with E-state index in [2.05, 4.69) is 13.0 Å². The Morgan fingerprint density at radius 2 is 1.69 bits per heavy atom. The predicted molar refractivity (Wildman–Crippen MR) is 68.3 cm³/mol. The van der Waals surface area contributed by atoms with E-state index >= 15 is 0 Å². The second-order valence-electron chi connectivity index (χ2n) is 3.43. The Morgan fingerprint density at radius 3 is 2.06 bits per heavy atom. The van der Waals surface area contributed by atoms with Crippen molar-refractivity contribution in [1.82, 2.24) is 0 Å². The van der Waals surface area contributed by atoms with Gasteiger partial charge in [-0.15, -0.1) is 0 Å². The second kappa shape index (κ2) is 6.51. The van der Waals surface area contributed by atoms with Crippen molar-refractivity contribution in [2.45, 2.75) is 13.3 Å². The summed E-state index contributed by atoms with van der Waals surface area (Å²) in [6, 6.07) is 16.7. The zero-order valence-corrected chi connectivity index (χ0v) is 9.43. The Bertz CT molecular complexity index is 412. The highest BCUT2D eigenvalue weighted by Gasteiger charge is 1.86. The predicted octanol–water partition coefficient (Wildman–Crippen LogP) is 3.22. The fourth-order valence-corrected chi connectivity index (χ4v) is 1.24. The first-order valence-corrected chi connectivity index (χ1v) is 5.30. The maximum Gasteiger partial charge on any atom is 0.115 e. The molecule has 0 saturated carbocycles. The molecule has 0 aliphatic heterocycles. The summed E-state index contributed by atoms with van der Waals surface area (Å²) in [4.78, 5) is 0. The van der Waals surface area contributed by atoms with Gasteiger partial charge in [0.2, 0.25) is 0 Å². The normalized spacial score (nSPS) is 9.06. The number of aromatic hydroxyl groups is 1.